The van der Waals surface area contributed by atoms with E-state index in [0.717, 1.165) is 4.48 Å². The van der Waals surface area contributed by atoms with Gasteiger partial charge in [-0.25, -0.2) is 4.79 Å². The number of ketones is 1. The summed E-state index contributed by atoms with van der Waals surface area (Å²) in [5.74, 6) is -1.71. The third kappa shape index (κ3) is 28.6. The monoisotopic (exact) mass is 453 g/mol. The van der Waals surface area contributed by atoms with E-state index in [1.165, 1.54) is 109 Å². The zero-order valence-corrected chi connectivity index (χ0v) is 22.1. The van der Waals surface area contributed by atoms with Crippen LogP contribution in [0.3, 0.4) is 0 Å². The van der Waals surface area contributed by atoms with Gasteiger partial charge >= 0.3 is 5.97 Å². The summed E-state index contributed by atoms with van der Waals surface area (Å²) >= 11 is 0. The average molecular weight is 454 g/mol. The van der Waals surface area contributed by atoms with Crippen molar-refractivity contribution in [1.29, 1.82) is 5.26 Å². The van der Waals surface area contributed by atoms with E-state index < -0.39 is 18.2 Å². The number of nitriles is 1. The molecule has 0 aliphatic carbocycles. The zero-order chi connectivity index (χ0) is 24.5. The van der Waals surface area contributed by atoms with Gasteiger partial charge < -0.3 is 9.22 Å². The lowest BCUT2D eigenvalue weighted by Gasteiger charge is -2.23. The lowest BCUT2D eigenvalue weighted by Crippen LogP contribution is -2.35. The van der Waals surface area contributed by atoms with E-state index >= 15 is 0 Å². The van der Waals surface area contributed by atoms with Gasteiger partial charge in [0.15, 0.2) is 0 Å². The van der Waals surface area contributed by atoms with Crippen LogP contribution in [0.5, 0.6) is 0 Å². The van der Waals surface area contributed by atoms with Crippen molar-refractivity contribution in [3.63, 3.8) is 0 Å². The minimum absolute atomic E-state index is 0.163. The molecule has 0 aliphatic heterocycles. The summed E-state index contributed by atoms with van der Waals surface area (Å²) < 4.78 is 5.44. The molecule has 0 unspecified atom stereocenters. The molecular weight excluding hydrogens is 400 g/mol. The standard InChI is InChI=1S/C21H46N.C6H7NO3/c1-5-6-7-8-9-10-11-12-13-14-15-16-17-18-19-20-21-22(2,3)4;1-2-10-6(9)5(8)3-4-7/h5-21H2,1-4H3;2-3H2,1H3/q+1;. The van der Waals surface area contributed by atoms with Crippen molar-refractivity contribution in [3.05, 3.63) is 0 Å². The minimum Gasteiger partial charge on any atom is -0.460 e. The fraction of sp³-hybridized carbons (Fsp3) is 0.889. The molecule has 188 valence electrons. The summed E-state index contributed by atoms with van der Waals surface area (Å²) in [6.45, 7) is 5.39. The van der Waals surface area contributed by atoms with E-state index in [2.05, 4.69) is 32.8 Å². The molecule has 0 heterocycles. The van der Waals surface area contributed by atoms with Gasteiger partial charge in [-0.2, -0.15) is 5.26 Å². The van der Waals surface area contributed by atoms with E-state index in [0.29, 0.717) is 0 Å². The van der Waals surface area contributed by atoms with Crippen LogP contribution in [0.1, 0.15) is 123 Å². The molecule has 0 aromatic rings. The Hall–Kier alpha value is -1.41. The maximum absolute atomic E-state index is 10.4. The predicted octanol–water partition coefficient (Wildman–Crippen LogP) is 6.99. The molecule has 0 N–H and O–H groups in total. The van der Waals surface area contributed by atoms with Crippen LogP contribution >= 0.6 is 0 Å². The molecule has 5 nitrogen and oxygen atoms in total. The molecule has 0 saturated heterocycles. The van der Waals surface area contributed by atoms with Crippen LogP contribution < -0.4 is 0 Å². The van der Waals surface area contributed by atoms with E-state index in [9.17, 15) is 9.59 Å². The van der Waals surface area contributed by atoms with Crippen LogP contribution in [0.2, 0.25) is 0 Å². The number of hydrogen-bond donors (Lipinski definition) is 0. The smallest absolute Gasteiger partial charge is 0.375 e. The van der Waals surface area contributed by atoms with Crippen LogP contribution in [0, 0.1) is 11.3 Å². The average Bonchev–Trinajstić information content (AvgIpc) is 2.73. The number of esters is 1. The number of quaternary nitrogens is 1. The van der Waals surface area contributed by atoms with Gasteiger partial charge in [0.1, 0.15) is 6.42 Å². The highest BCUT2D eigenvalue weighted by Gasteiger charge is 2.12. The molecular formula is C27H53N2O3+. The normalized spacial score (nSPS) is 10.8. The third-order valence-corrected chi connectivity index (χ3v) is 5.43. The fourth-order valence-electron chi connectivity index (χ4n) is 3.49. The maximum Gasteiger partial charge on any atom is 0.375 e. The molecule has 0 rings (SSSR count). The van der Waals surface area contributed by atoms with Crippen molar-refractivity contribution in [1.82, 2.24) is 0 Å². The molecule has 0 atom stereocenters. The van der Waals surface area contributed by atoms with Crippen LogP contribution in [0.15, 0.2) is 0 Å². The summed E-state index contributed by atoms with van der Waals surface area (Å²) in [7, 11) is 6.89. The van der Waals surface area contributed by atoms with Gasteiger partial charge in [-0.05, 0) is 19.8 Å². The molecule has 0 saturated carbocycles. The Morgan fingerprint density at radius 1 is 0.688 bits per heavy atom. The summed E-state index contributed by atoms with van der Waals surface area (Å²) in [5.41, 5.74) is 0. The number of rotatable bonds is 20. The van der Waals surface area contributed by atoms with Crippen molar-refractivity contribution in [2.75, 3.05) is 34.3 Å². The van der Waals surface area contributed by atoms with Gasteiger partial charge in [0, 0.05) is 0 Å². The molecule has 5 heteroatoms. The Kier molecular flexibility index (Phi) is 24.8. The highest BCUT2D eigenvalue weighted by Crippen LogP contribution is 2.13. The van der Waals surface area contributed by atoms with E-state index in [1.54, 1.807) is 13.0 Å². The Bertz CT molecular complexity index is 478. The summed E-state index contributed by atoms with van der Waals surface area (Å²) in [4.78, 5) is 20.8. The molecule has 0 amide bonds. The SMILES string of the molecule is CCCCCCCCCCCCCCCCCC[N+](C)(C)C.CCOC(=O)C(=O)CC#N. The van der Waals surface area contributed by atoms with E-state index in [-0.39, 0.29) is 6.61 Å². The number of Topliss-reactive ketones (excluding diaryl/α,β-unsaturated/α-hetero) is 1. The van der Waals surface area contributed by atoms with Gasteiger partial charge in [-0.1, -0.05) is 96.8 Å². The number of hydrogen-bond acceptors (Lipinski definition) is 4. The molecule has 0 bridgehead atoms. The molecule has 32 heavy (non-hydrogen) atoms. The van der Waals surface area contributed by atoms with Gasteiger partial charge in [-0.15, -0.1) is 0 Å². The molecule has 0 radical (unpaired) electrons. The Morgan fingerprint density at radius 2 is 1.06 bits per heavy atom. The lowest BCUT2D eigenvalue weighted by atomic mass is 10.0. The first-order valence-electron chi connectivity index (χ1n) is 13.2. The van der Waals surface area contributed by atoms with Crippen LogP contribution in [0.4, 0.5) is 0 Å². The fourth-order valence-corrected chi connectivity index (χ4v) is 3.49. The van der Waals surface area contributed by atoms with Crippen molar-refractivity contribution >= 4 is 11.8 Å². The lowest BCUT2D eigenvalue weighted by molar-refractivity contribution is -0.870. The second-order valence-electron chi connectivity index (χ2n) is 9.80. The van der Waals surface area contributed by atoms with Crippen LogP contribution in [-0.4, -0.2) is 50.5 Å². The molecule has 0 spiro atoms. The van der Waals surface area contributed by atoms with E-state index in [4.69, 9.17) is 5.26 Å². The zero-order valence-electron chi connectivity index (χ0n) is 22.1. The Labute approximate surface area is 199 Å². The first-order chi connectivity index (χ1) is 15.3. The first-order valence-corrected chi connectivity index (χ1v) is 13.2. The number of carbonyl (C=O) groups is 2. The largest absolute Gasteiger partial charge is 0.460 e. The molecule has 0 aliphatic rings. The number of carbonyl (C=O) groups excluding carboxylic acids is 2. The summed E-state index contributed by atoms with van der Waals surface area (Å²) in [6.07, 6.45) is 23.0. The van der Waals surface area contributed by atoms with Crippen molar-refractivity contribution in [3.8, 4) is 6.07 Å². The molecule has 0 aromatic heterocycles. The second-order valence-corrected chi connectivity index (χ2v) is 9.80. The summed E-state index contributed by atoms with van der Waals surface area (Å²) in [6, 6.07) is 1.56. The number of ether oxygens (including phenoxy) is 1. The van der Waals surface area contributed by atoms with Crippen LogP contribution in [0.25, 0.3) is 0 Å². The first kappa shape index (κ1) is 32.8. The van der Waals surface area contributed by atoms with Gasteiger partial charge in [0.2, 0.25) is 0 Å². The molecule has 0 fully saturated rings. The second kappa shape index (κ2) is 24.2. The van der Waals surface area contributed by atoms with Crippen molar-refractivity contribution in [2.45, 2.75) is 123 Å². The minimum atomic E-state index is -0.927. The highest BCUT2D eigenvalue weighted by molar-refractivity contribution is 6.34. The third-order valence-electron chi connectivity index (χ3n) is 5.43. The maximum atomic E-state index is 10.4. The highest BCUT2D eigenvalue weighted by atomic mass is 16.5. The van der Waals surface area contributed by atoms with Crippen molar-refractivity contribution in [2.24, 2.45) is 0 Å². The topological polar surface area (TPSA) is 67.2 Å². The number of unbranched alkanes of at least 4 members (excludes halogenated alkanes) is 15. The van der Waals surface area contributed by atoms with Gasteiger partial charge in [0.25, 0.3) is 5.78 Å². The van der Waals surface area contributed by atoms with Crippen LogP contribution in [-0.2, 0) is 14.3 Å². The number of nitrogens with zero attached hydrogens (tertiary/aromatic N) is 2. The van der Waals surface area contributed by atoms with E-state index in [1.807, 2.05) is 0 Å². The van der Waals surface area contributed by atoms with Gasteiger partial charge in [0.05, 0.1) is 40.4 Å². The predicted molar refractivity (Wildman–Crippen MR) is 134 cm³/mol. The quantitative estimate of drug-likeness (QED) is 0.0862. The van der Waals surface area contributed by atoms with Crippen molar-refractivity contribution < 1.29 is 18.8 Å². The Morgan fingerprint density at radius 3 is 1.38 bits per heavy atom. The Balaban J connectivity index is 0. The molecule has 0 aromatic carbocycles. The van der Waals surface area contributed by atoms with Gasteiger partial charge in [-0.3, -0.25) is 4.79 Å². The summed E-state index contributed by atoms with van der Waals surface area (Å²) in [5, 5.41) is 7.98.